The SMILES string of the molecule is O=C(CCCOc1ccccc1Cl)Nc1ccc(CN2CCOCC2)cc1. The van der Waals surface area contributed by atoms with Gasteiger partial charge in [0.2, 0.25) is 5.91 Å². The zero-order valence-electron chi connectivity index (χ0n) is 15.3. The Balaban J connectivity index is 1.37. The monoisotopic (exact) mass is 388 g/mol. The van der Waals surface area contributed by atoms with Crippen molar-refractivity contribution in [1.29, 1.82) is 0 Å². The number of hydrogen-bond acceptors (Lipinski definition) is 4. The average molecular weight is 389 g/mol. The van der Waals surface area contributed by atoms with Crippen LogP contribution < -0.4 is 10.1 Å². The second kappa shape index (κ2) is 10.3. The molecule has 0 atom stereocenters. The molecule has 0 aliphatic carbocycles. The molecular formula is C21H25ClN2O3. The number of halogens is 1. The lowest BCUT2D eigenvalue weighted by atomic mass is 10.2. The van der Waals surface area contributed by atoms with Gasteiger partial charge >= 0.3 is 0 Å². The molecule has 0 saturated carbocycles. The highest BCUT2D eigenvalue weighted by atomic mass is 35.5. The van der Waals surface area contributed by atoms with Crippen molar-refractivity contribution < 1.29 is 14.3 Å². The van der Waals surface area contributed by atoms with Crippen molar-refractivity contribution in [3.05, 3.63) is 59.1 Å². The summed E-state index contributed by atoms with van der Waals surface area (Å²) >= 11 is 6.03. The molecule has 0 unspecified atom stereocenters. The van der Waals surface area contributed by atoms with Gasteiger partial charge in [0.25, 0.3) is 0 Å². The predicted molar refractivity (Wildman–Crippen MR) is 107 cm³/mol. The highest BCUT2D eigenvalue weighted by Gasteiger charge is 2.10. The first-order chi connectivity index (χ1) is 13.2. The summed E-state index contributed by atoms with van der Waals surface area (Å²) in [5.41, 5.74) is 2.06. The van der Waals surface area contributed by atoms with Crippen LogP contribution in [0.4, 0.5) is 5.69 Å². The topological polar surface area (TPSA) is 50.8 Å². The van der Waals surface area contributed by atoms with Crippen molar-refractivity contribution in [3.63, 3.8) is 0 Å². The van der Waals surface area contributed by atoms with Crippen LogP contribution in [-0.2, 0) is 16.1 Å². The normalized spacial score (nSPS) is 14.7. The summed E-state index contributed by atoms with van der Waals surface area (Å²) < 4.78 is 11.0. The van der Waals surface area contributed by atoms with Gasteiger partial charge in [-0.3, -0.25) is 9.69 Å². The third-order valence-corrected chi connectivity index (χ3v) is 4.70. The van der Waals surface area contributed by atoms with Crippen LogP contribution in [0.25, 0.3) is 0 Å². The number of morpholine rings is 1. The van der Waals surface area contributed by atoms with Gasteiger partial charge in [-0.15, -0.1) is 0 Å². The van der Waals surface area contributed by atoms with Gasteiger partial charge in [0.1, 0.15) is 5.75 Å². The average Bonchev–Trinajstić information content (AvgIpc) is 2.69. The zero-order valence-corrected chi connectivity index (χ0v) is 16.1. The first-order valence-corrected chi connectivity index (χ1v) is 9.65. The van der Waals surface area contributed by atoms with Crippen molar-refractivity contribution >= 4 is 23.2 Å². The van der Waals surface area contributed by atoms with E-state index >= 15 is 0 Å². The fourth-order valence-electron chi connectivity index (χ4n) is 2.91. The van der Waals surface area contributed by atoms with E-state index in [2.05, 4.69) is 22.3 Å². The van der Waals surface area contributed by atoms with Crippen molar-refractivity contribution in [1.82, 2.24) is 4.90 Å². The van der Waals surface area contributed by atoms with Gasteiger partial charge in [0, 0.05) is 31.7 Å². The number of hydrogen-bond donors (Lipinski definition) is 1. The maximum absolute atomic E-state index is 12.1. The van der Waals surface area contributed by atoms with Crippen molar-refractivity contribution in [3.8, 4) is 5.75 Å². The number of anilines is 1. The molecule has 1 aliphatic rings. The second-order valence-electron chi connectivity index (χ2n) is 6.52. The summed E-state index contributed by atoms with van der Waals surface area (Å²) in [5, 5.41) is 3.51. The third-order valence-electron chi connectivity index (χ3n) is 4.39. The molecule has 1 aliphatic heterocycles. The van der Waals surface area contributed by atoms with Crippen LogP contribution in [0.5, 0.6) is 5.75 Å². The fraction of sp³-hybridized carbons (Fsp3) is 0.381. The number of amides is 1. The summed E-state index contributed by atoms with van der Waals surface area (Å²) in [6, 6.07) is 15.4. The molecule has 6 heteroatoms. The third kappa shape index (κ3) is 6.54. The number of rotatable bonds is 8. The van der Waals surface area contributed by atoms with E-state index in [1.807, 2.05) is 30.3 Å². The Kier molecular flexibility index (Phi) is 7.51. The lowest BCUT2D eigenvalue weighted by Gasteiger charge is -2.26. The van der Waals surface area contributed by atoms with E-state index in [0.717, 1.165) is 38.5 Å². The van der Waals surface area contributed by atoms with Gasteiger partial charge in [-0.1, -0.05) is 35.9 Å². The standard InChI is InChI=1S/C21H25ClN2O3/c22-19-4-1-2-5-20(19)27-13-3-6-21(25)23-18-9-7-17(8-10-18)16-24-11-14-26-15-12-24/h1-2,4-5,7-10H,3,6,11-16H2,(H,23,25). The van der Waals surface area contributed by atoms with E-state index in [1.165, 1.54) is 5.56 Å². The van der Waals surface area contributed by atoms with E-state index in [1.54, 1.807) is 6.07 Å². The maximum Gasteiger partial charge on any atom is 0.224 e. The number of carbonyl (C=O) groups is 1. The molecule has 0 spiro atoms. The van der Waals surface area contributed by atoms with Crippen LogP contribution in [-0.4, -0.2) is 43.7 Å². The number of nitrogens with zero attached hydrogens (tertiary/aromatic N) is 1. The first-order valence-electron chi connectivity index (χ1n) is 9.27. The van der Waals surface area contributed by atoms with Crippen molar-refractivity contribution in [2.45, 2.75) is 19.4 Å². The van der Waals surface area contributed by atoms with Crippen LogP contribution >= 0.6 is 11.6 Å². The van der Waals surface area contributed by atoms with E-state index in [9.17, 15) is 4.79 Å². The molecular weight excluding hydrogens is 364 g/mol. The summed E-state index contributed by atoms with van der Waals surface area (Å²) in [6.45, 7) is 4.90. The minimum absolute atomic E-state index is 0.0151. The molecule has 0 bridgehead atoms. The second-order valence-corrected chi connectivity index (χ2v) is 6.92. The largest absolute Gasteiger partial charge is 0.492 e. The summed E-state index contributed by atoms with van der Waals surface area (Å²) in [4.78, 5) is 14.4. The predicted octanol–water partition coefficient (Wildman–Crippen LogP) is 3.97. The molecule has 0 radical (unpaired) electrons. The van der Waals surface area contributed by atoms with Crippen LogP contribution in [0.15, 0.2) is 48.5 Å². The van der Waals surface area contributed by atoms with Crippen molar-refractivity contribution in [2.24, 2.45) is 0 Å². The molecule has 2 aromatic carbocycles. The van der Waals surface area contributed by atoms with Gasteiger partial charge in [-0.05, 0) is 36.2 Å². The van der Waals surface area contributed by atoms with Gasteiger partial charge in [-0.25, -0.2) is 0 Å². The molecule has 1 N–H and O–H groups in total. The minimum Gasteiger partial charge on any atom is -0.492 e. The number of para-hydroxylation sites is 1. The van der Waals surface area contributed by atoms with Crippen molar-refractivity contribution in [2.75, 3.05) is 38.2 Å². The Morgan fingerprint density at radius 2 is 1.85 bits per heavy atom. The Morgan fingerprint density at radius 3 is 2.59 bits per heavy atom. The van der Waals surface area contributed by atoms with E-state index < -0.39 is 0 Å². The van der Waals surface area contributed by atoms with E-state index in [4.69, 9.17) is 21.1 Å². The van der Waals surface area contributed by atoms with Crippen LogP contribution in [0.3, 0.4) is 0 Å². The molecule has 2 aromatic rings. The lowest BCUT2D eigenvalue weighted by molar-refractivity contribution is -0.116. The smallest absolute Gasteiger partial charge is 0.224 e. The lowest BCUT2D eigenvalue weighted by Crippen LogP contribution is -2.35. The highest BCUT2D eigenvalue weighted by Crippen LogP contribution is 2.23. The Morgan fingerprint density at radius 1 is 1.11 bits per heavy atom. The Labute approximate surface area is 165 Å². The molecule has 27 heavy (non-hydrogen) atoms. The molecule has 1 heterocycles. The summed E-state index contributed by atoms with van der Waals surface area (Å²) in [5.74, 6) is 0.633. The number of carbonyl (C=O) groups excluding carboxylic acids is 1. The van der Waals surface area contributed by atoms with E-state index in [-0.39, 0.29) is 5.91 Å². The van der Waals surface area contributed by atoms with Gasteiger partial charge in [-0.2, -0.15) is 0 Å². The minimum atomic E-state index is -0.0151. The molecule has 1 saturated heterocycles. The highest BCUT2D eigenvalue weighted by molar-refractivity contribution is 6.32. The summed E-state index contributed by atoms with van der Waals surface area (Å²) in [7, 11) is 0. The zero-order chi connectivity index (χ0) is 18.9. The summed E-state index contributed by atoms with van der Waals surface area (Å²) in [6.07, 6.45) is 1.03. The van der Waals surface area contributed by atoms with Gasteiger partial charge in [0.15, 0.2) is 0 Å². The molecule has 5 nitrogen and oxygen atoms in total. The number of nitrogens with one attached hydrogen (secondary N) is 1. The quantitative estimate of drug-likeness (QED) is 0.695. The van der Waals surface area contributed by atoms with Crippen LogP contribution in [0.1, 0.15) is 18.4 Å². The van der Waals surface area contributed by atoms with Gasteiger partial charge in [0.05, 0.1) is 24.8 Å². The molecule has 1 fully saturated rings. The fourth-order valence-corrected chi connectivity index (χ4v) is 3.10. The van der Waals surface area contributed by atoms with Crippen LogP contribution in [0.2, 0.25) is 5.02 Å². The van der Waals surface area contributed by atoms with Gasteiger partial charge < -0.3 is 14.8 Å². The molecule has 0 aromatic heterocycles. The Hall–Kier alpha value is -2.08. The molecule has 3 rings (SSSR count). The first kappa shape index (κ1) is 19.7. The maximum atomic E-state index is 12.1. The molecule has 144 valence electrons. The molecule has 1 amide bonds. The number of ether oxygens (including phenoxy) is 2. The van der Waals surface area contributed by atoms with Crippen LogP contribution in [0, 0.1) is 0 Å². The number of benzene rings is 2. The van der Waals surface area contributed by atoms with E-state index in [0.29, 0.717) is 30.2 Å². The Bertz CT molecular complexity index is 730.